The van der Waals surface area contributed by atoms with E-state index in [2.05, 4.69) is 67.8 Å². The van der Waals surface area contributed by atoms with Crippen LogP contribution in [-0.2, 0) is 12.9 Å². The van der Waals surface area contributed by atoms with Gasteiger partial charge in [0.2, 0.25) is 0 Å². The van der Waals surface area contributed by atoms with Crippen LogP contribution in [0, 0.1) is 5.41 Å². The number of hydrogen-bond acceptors (Lipinski definition) is 3. The van der Waals surface area contributed by atoms with E-state index in [1.54, 1.807) is 7.11 Å². The second-order valence-corrected chi connectivity index (χ2v) is 41.2. The van der Waals surface area contributed by atoms with E-state index in [1.165, 1.54) is 5.56 Å². The molecule has 2 aliphatic rings. The molecule has 1 saturated heterocycles. The summed E-state index contributed by atoms with van der Waals surface area (Å²) >= 11 is -4.87. The van der Waals surface area contributed by atoms with Crippen molar-refractivity contribution in [3.05, 3.63) is 29.8 Å². The molecule has 0 bridgehead atoms. The Morgan fingerprint density at radius 3 is 1.81 bits per heavy atom. The van der Waals surface area contributed by atoms with Crippen molar-refractivity contribution in [2.75, 3.05) is 20.3 Å². The normalized spacial score (nSPS) is 30.3. The molecule has 2 atom stereocenters. The minimum atomic E-state index is -2.53. The maximum absolute atomic E-state index is 6.74. The Kier molecular flexibility index (Phi) is 5.33. The molecule has 3 rings (SSSR count). The van der Waals surface area contributed by atoms with Gasteiger partial charge in [-0.2, -0.15) is 0 Å². The molecule has 1 spiro atoms. The van der Waals surface area contributed by atoms with E-state index in [0.717, 1.165) is 19.0 Å². The van der Waals surface area contributed by atoms with Crippen LogP contribution in [0.1, 0.15) is 19.4 Å². The van der Waals surface area contributed by atoms with E-state index in [1.807, 2.05) is 0 Å². The molecule has 146 valence electrons. The zero-order chi connectivity index (χ0) is 19.6. The standard InChI is InChI=1S/C15H18O3.6CH3.2Sn/c1-14(2)9-17-15(18-10-14)8-13(15)11-4-6-12(16-3)7-5-11;;;;;;;;/h4-8H,9-10H2,1-3H3;6*1H3;;. The van der Waals surface area contributed by atoms with Gasteiger partial charge in [-0.05, 0) is 0 Å². The number of hydrogen-bond donors (Lipinski definition) is 0. The summed E-state index contributed by atoms with van der Waals surface area (Å²) in [6.07, 6.45) is 0. The molecule has 2 fully saturated rings. The molecule has 0 amide bonds. The first-order valence-corrected chi connectivity index (χ1v) is 29.9. The molecule has 1 aliphatic carbocycles. The van der Waals surface area contributed by atoms with E-state index in [0.29, 0.717) is 3.93 Å². The topological polar surface area (TPSA) is 27.7 Å². The summed E-state index contributed by atoms with van der Waals surface area (Å²) < 4.78 is 19.6. The van der Waals surface area contributed by atoms with Crippen molar-refractivity contribution >= 4 is 36.8 Å². The summed E-state index contributed by atoms with van der Waals surface area (Å²) in [6.45, 7) is 6.08. The van der Waals surface area contributed by atoms with Crippen LogP contribution in [0.5, 0.6) is 5.75 Å². The molecule has 3 nitrogen and oxygen atoms in total. The van der Waals surface area contributed by atoms with Crippen LogP contribution in [-0.4, -0.2) is 62.9 Å². The molecular weight excluding hydrogens is 538 g/mol. The van der Waals surface area contributed by atoms with Gasteiger partial charge in [0.15, 0.2) is 0 Å². The predicted molar refractivity (Wildman–Crippen MR) is 114 cm³/mol. The van der Waals surface area contributed by atoms with E-state index in [4.69, 9.17) is 14.2 Å². The molecule has 1 aromatic carbocycles. The van der Waals surface area contributed by atoms with Crippen molar-refractivity contribution in [2.45, 2.75) is 56.6 Å². The van der Waals surface area contributed by atoms with Gasteiger partial charge in [0, 0.05) is 0 Å². The molecule has 0 N–H and O–H groups in total. The van der Waals surface area contributed by atoms with Gasteiger partial charge in [-0.25, -0.2) is 0 Å². The van der Waals surface area contributed by atoms with Crippen LogP contribution in [0.2, 0.25) is 33.6 Å². The van der Waals surface area contributed by atoms with Gasteiger partial charge in [-0.3, -0.25) is 0 Å². The van der Waals surface area contributed by atoms with Crippen molar-refractivity contribution in [1.82, 2.24) is 0 Å². The van der Waals surface area contributed by atoms with Gasteiger partial charge in [0.05, 0.1) is 0 Å². The molecule has 1 aliphatic heterocycles. The van der Waals surface area contributed by atoms with Crippen LogP contribution in [0.15, 0.2) is 24.3 Å². The first-order chi connectivity index (χ1) is 11.8. The quantitative estimate of drug-likeness (QED) is 0.458. The minimum absolute atomic E-state index is 0.102. The zero-order valence-corrected chi connectivity index (χ0v) is 23.7. The molecule has 5 heteroatoms. The van der Waals surface area contributed by atoms with Crippen LogP contribution in [0.25, 0.3) is 0 Å². The average Bonchev–Trinajstić information content (AvgIpc) is 3.15. The Morgan fingerprint density at radius 2 is 1.42 bits per heavy atom. The molecule has 0 aromatic heterocycles. The van der Waals surface area contributed by atoms with Gasteiger partial charge < -0.3 is 0 Å². The van der Waals surface area contributed by atoms with Gasteiger partial charge in [0.25, 0.3) is 0 Å². The van der Waals surface area contributed by atoms with Gasteiger partial charge >= 0.3 is 169 Å². The molecule has 26 heavy (non-hydrogen) atoms. The fourth-order valence-electron chi connectivity index (χ4n) is 5.33. The van der Waals surface area contributed by atoms with E-state index < -0.39 is 36.8 Å². The zero-order valence-electron chi connectivity index (χ0n) is 18.0. The Hall–Kier alpha value is 0.537. The first kappa shape index (κ1) is 21.3. The third-order valence-corrected chi connectivity index (χ3v) is 25.2. The summed E-state index contributed by atoms with van der Waals surface area (Å²) in [6, 6.07) is 8.80. The summed E-state index contributed by atoms with van der Waals surface area (Å²) in [5.41, 5.74) is 1.53. The number of benzene rings is 1. The molecular formula is C21H36O3Sn2. The van der Waals surface area contributed by atoms with Crippen molar-refractivity contribution < 1.29 is 14.2 Å². The van der Waals surface area contributed by atoms with Crippen LogP contribution < -0.4 is 4.74 Å². The summed E-state index contributed by atoms with van der Waals surface area (Å²) in [5, 5.41) is 0. The Bertz CT molecular complexity index is 660. The van der Waals surface area contributed by atoms with Gasteiger partial charge in [-0.15, -0.1) is 0 Å². The third kappa shape index (κ3) is 3.07. The predicted octanol–water partition coefficient (Wildman–Crippen LogP) is 5.30. The third-order valence-electron chi connectivity index (χ3n) is 6.23. The van der Waals surface area contributed by atoms with Crippen LogP contribution >= 0.6 is 0 Å². The Morgan fingerprint density at radius 1 is 0.923 bits per heavy atom. The van der Waals surface area contributed by atoms with E-state index in [-0.39, 0.29) is 14.6 Å². The van der Waals surface area contributed by atoms with Crippen molar-refractivity contribution in [3.63, 3.8) is 0 Å². The van der Waals surface area contributed by atoms with Gasteiger partial charge in [0.1, 0.15) is 0 Å². The SMILES string of the molecule is COc1ccc([C@]2([Sn]([CH3])([CH3])[CH3])[C@@H]([Sn]([CH3])([CH3])[CH3])C23OCC(C)(C)CO3)cc1. The van der Waals surface area contributed by atoms with Crippen molar-refractivity contribution in [2.24, 2.45) is 5.41 Å². The number of ether oxygens (including phenoxy) is 3. The average molecular weight is 574 g/mol. The van der Waals surface area contributed by atoms with E-state index in [9.17, 15) is 0 Å². The molecule has 1 saturated carbocycles. The van der Waals surface area contributed by atoms with Crippen molar-refractivity contribution in [1.29, 1.82) is 0 Å². The van der Waals surface area contributed by atoms with E-state index >= 15 is 0 Å². The monoisotopic (exact) mass is 576 g/mol. The molecule has 0 radical (unpaired) electrons. The fraction of sp³-hybridized carbons (Fsp3) is 0.714. The fourth-order valence-corrected chi connectivity index (χ4v) is 41.6. The summed E-state index contributed by atoms with van der Waals surface area (Å²) in [4.78, 5) is 15.3. The second kappa shape index (κ2) is 6.53. The first-order valence-electron chi connectivity index (χ1n) is 9.74. The summed E-state index contributed by atoms with van der Waals surface area (Å²) in [5.74, 6) is 0.546. The molecule has 1 heterocycles. The summed E-state index contributed by atoms with van der Waals surface area (Å²) in [7, 11) is 1.73. The Labute approximate surface area is 167 Å². The molecule has 1 aromatic rings. The van der Waals surface area contributed by atoms with Crippen molar-refractivity contribution in [3.8, 4) is 5.75 Å². The van der Waals surface area contributed by atoms with Gasteiger partial charge in [-0.1, -0.05) is 0 Å². The second-order valence-electron chi connectivity index (χ2n) is 11.0. The number of methoxy groups -OCH3 is 1. The Balaban J connectivity index is 2.15. The van der Waals surface area contributed by atoms with Crippen LogP contribution in [0.4, 0.5) is 0 Å². The van der Waals surface area contributed by atoms with Crippen LogP contribution in [0.3, 0.4) is 0 Å². The maximum atomic E-state index is 6.74. The number of rotatable bonds is 4. The molecule has 0 unspecified atom stereocenters.